The van der Waals surface area contributed by atoms with E-state index in [0.29, 0.717) is 28.4 Å². The van der Waals surface area contributed by atoms with E-state index in [0.717, 1.165) is 27.1 Å². The van der Waals surface area contributed by atoms with Crippen LogP contribution in [-0.2, 0) is 11.5 Å². The minimum absolute atomic E-state index is 0.0964. The molecule has 0 saturated carbocycles. The fourth-order valence-electron chi connectivity index (χ4n) is 4.06. The van der Waals surface area contributed by atoms with Crippen LogP contribution in [0.4, 0.5) is 0 Å². The van der Waals surface area contributed by atoms with Gasteiger partial charge in [0.1, 0.15) is 6.73 Å². The van der Waals surface area contributed by atoms with E-state index in [4.69, 9.17) is 23.7 Å². The highest BCUT2D eigenvalue weighted by molar-refractivity contribution is 6.17. The number of rotatable bonds is 4. The summed E-state index contributed by atoms with van der Waals surface area (Å²) in [6.07, 6.45) is 0. The Morgan fingerprint density at radius 3 is 2.41 bits per heavy atom. The van der Waals surface area contributed by atoms with E-state index in [2.05, 4.69) is 0 Å². The van der Waals surface area contributed by atoms with Gasteiger partial charge in [-0.3, -0.25) is 9.36 Å². The van der Waals surface area contributed by atoms with Crippen molar-refractivity contribution in [1.29, 1.82) is 0 Å². The van der Waals surface area contributed by atoms with Gasteiger partial charge >= 0.3 is 0 Å². The van der Waals surface area contributed by atoms with Crippen molar-refractivity contribution in [2.24, 2.45) is 0 Å². The predicted molar refractivity (Wildman–Crippen MR) is 109 cm³/mol. The van der Waals surface area contributed by atoms with Crippen LogP contribution in [0.15, 0.2) is 41.2 Å². The van der Waals surface area contributed by atoms with Gasteiger partial charge < -0.3 is 23.7 Å². The minimum Gasteiger partial charge on any atom is -0.493 e. The molecule has 0 bridgehead atoms. The molecule has 29 heavy (non-hydrogen) atoms. The van der Waals surface area contributed by atoms with Crippen molar-refractivity contribution in [3.8, 4) is 23.0 Å². The van der Waals surface area contributed by atoms with Crippen molar-refractivity contribution in [1.82, 2.24) is 4.57 Å². The second kappa shape index (κ2) is 6.56. The molecule has 1 aromatic heterocycles. The Hall–Kier alpha value is -3.45. The van der Waals surface area contributed by atoms with Crippen molar-refractivity contribution in [2.75, 3.05) is 28.1 Å². The molecular formula is C22H19NO6. The molecule has 148 valence electrons. The summed E-state index contributed by atoms with van der Waals surface area (Å²) in [6, 6.07) is 11.5. The Bertz CT molecular complexity index is 1340. The molecule has 0 fully saturated rings. The third kappa shape index (κ3) is 2.44. The lowest BCUT2D eigenvalue weighted by molar-refractivity contribution is 0.132. The van der Waals surface area contributed by atoms with Gasteiger partial charge in [0, 0.05) is 23.3 Å². The summed E-state index contributed by atoms with van der Waals surface area (Å²) < 4.78 is 29.0. The number of pyridine rings is 1. The highest BCUT2D eigenvalue weighted by Gasteiger charge is 2.21. The van der Waals surface area contributed by atoms with Crippen LogP contribution in [-0.4, -0.2) is 32.7 Å². The number of aromatic nitrogens is 1. The first kappa shape index (κ1) is 17.6. The van der Waals surface area contributed by atoms with E-state index < -0.39 is 0 Å². The Morgan fingerprint density at radius 1 is 0.931 bits per heavy atom. The number of ether oxygens (including phenoxy) is 5. The quantitative estimate of drug-likeness (QED) is 0.493. The average Bonchev–Trinajstić information content (AvgIpc) is 3.20. The monoisotopic (exact) mass is 393 g/mol. The van der Waals surface area contributed by atoms with Gasteiger partial charge in [0.05, 0.1) is 25.1 Å². The average molecular weight is 393 g/mol. The summed E-state index contributed by atoms with van der Waals surface area (Å²) in [6.45, 7) is 0.285. The lowest BCUT2D eigenvalue weighted by atomic mass is 10.00. The number of hydrogen-bond donors (Lipinski definition) is 0. The summed E-state index contributed by atoms with van der Waals surface area (Å²) in [5, 5.41) is 3.98. The van der Waals surface area contributed by atoms with Gasteiger partial charge in [0.25, 0.3) is 5.56 Å². The standard InChI is InChI=1S/C22H19NO6/c1-25-10-23-20-14(5-4-12-8-17-18(9-15(12)20)29-11-28-17)13-6-7-16(26-2)21(27-3)19(13)22(23)24/h4-9H,10-11H2,1-3H3. The zero-order chi connectivity index (χ0) is 20.1. The molecule has 4 aromatic rings. The van der Waals surface area contributed by atoms with Crippen molar-refractivity contribution in [2.45, 2.75) is 6.73 Å². The summed E-state index contributed by atoms with van der Waals surface area (Å²) in [4.78, 5) is 13.5. The Balaban J connectivity index is 2.02. The summed E-state index contributed by atoms with van der Waals surface area (Å²) in [5.74, 6) is 2.27. The molecule has 0 amide bonds. The van der Waals surface area contributed by atoms with E-state index in [1.165, 1.54) is 7.11 Å². The third-order valence-electron chi connectivity index (χ3n) is 5.31. The number of nitrogens with zero attached hydrogens (tertiary/aromatic N) is 1. The van der Waals surface area contributed by atoms with E-state index in [1.54, 1.807) is 18.8 Å². The van der Waals surface area contributed by atoms with E-state index in [9.17, 15) is 4.79 Å². The Labute approximate surface area is 165 Å². The van der Waals surface area contributed by atoms with Crippen molar-refractivity contribution >= 4 is 32.4 Å². The van der Waals surface area contributed by atoms with Gasteiger partial charge in [-0.15, -0.1) is 0 Å². The predicted octanol–water partition coefficient (Wildman–Crippen LogP) is 3.66. The molecule has 0 spiro atoms. The number of hydrogen-bond acceptors (Lipinski definition) is 6. The molecule has 0 radical (unpaired) electrons. The number of methoxy groups -OCH3 is 3. The third-order valence-corrected chi connectivity index (χ3v) is 5.31. The second-order valence-electron chi connectivity index (χ2n) is 6.76. The van der Waals surface area contributed by atoms with Crippen LogP contribution in [0.3, 0.4) is 0 Å². The summed E-state index contributed by atoms with van der Waals surface area (Å²) in [5.41, 5.74) is 0.558. The summed E-state index contributed by atoms with van der Waals surface area (Å²) >= 11 is 0. The fraction of sp³-hybridized carbons (Fsp3) is 0.227. The van der Waals surface area contributed by atoms with Crippen LogP contribution in [0.1, 0.15) is 0 Å². The first-order valence-corrected chi connectivity index (χ1v) is 9.10. The van der Waals surface area contributed by atoms with Gasteiger partial charge in [-0.2, -0.15) is 0 Å². The molecule has 0 saturated heterocycles. The van der Waals surface area contributed by atoms with Crippen molar-refractivity contribution < 1.29 is 23.7 Å². The lowest BCUT2D eigenvalue weighted by Gasteiger charge is -2.17. The van der Waals surface area contributed by atoms with Gasteiger partial charge in [0.15, 0.2) is 23.0 Å². The van der Waals surface area contributed by atoms with E-state index in [-0.39, 0.29) is 19.1 Å². The van der Waals surface area contributed by atoms with Crippen LogP contribution < -0.4 is 24.5 Å². The number of benzene rings is 3. The highest BCUT2D eigenvalue weighted by atomic mass is 16.7. The molecule has 0 aliphatic carbocycles. The van der Waals surface area contributed by atoms with Gasteiger partial charge in [-0.25, -0.2) is 0 Å². The lowest BCUT2D eigenvalue weighted by Crippen LogP contribution is -2.22. The molecule has 7 nitrogen and oxygen atoms in total. The molecule has 2 heterocycles. The van der Waals surface area contributed by atoms with Crippen LogP contribution in [0.2, 0.25) is 0 Å². The van der Waals surface area contributed by atoms with E-state index in [1.807, 2.05) is 36.4 Å². The smallest absolute Gasteiger partial charge is 0.264 e. The molecule has 5 rings (SSSR count). The molecule has 3 aromatic carbocycles. The van der Waals surface area contributed by atoms with Crippen LogP contribution in [0, 0.1) is 0 Å². The highest BCUT2D eigenvalue weighted by Crippen LogP contribution is 2.41. The molecular weight excluding hydrogens is 374 g/mol. The first-order valence-electron chi connectivity index (χ1n) is 9.10. The summed E-state index contributed by atoms with van der Waals surface area (Å²) in [7, 11) is 4.64. The minimum atomic E-state index is -0.213. The molecule has 0 unspecified atom stereocenters. The van der Waals surface area contributed by atoms with Crippen LogP contribution in [0.5, 0.6) is 23.0 Å². The largest absolute Gasteiger partial charge is 0.493 e. The second-order valence-corrected chi connectivity index (χ2v) is 6.76. The normalized spacial score (nSPS) is 12.8. The zero-order valence-electron chi connectivity index (χ0n) is 16.3. The maximum Gasteiger partial charge on any atom is 0.264 e. The topological polar surface area (TPSA) is 68.2 Å². The SMILES string of the molecule is COCn1c(=O)c2c(OC)c(OC)ccc2c2ccc3cc4c(cc3c21)OCO4. The van der Waals surface area contributed by atoms with Crippen LogP contribution >= 0.6 is 0 Å². The fourth-order valence-corrected chi connectivity index (χ4v) is 4.06. The number of fused-ring (bicyclic) bond motifs is 6. The van der Waals surface area contributed by atoms with Crippen LogP contribution in [0.25, 0.3) is 32.4 Å². The van der Waals surface area contributed by atoms with Crippen molar-refractivity contribution in [3.63, 3.8) is 0 Å². The molecule has 0 N–H and O–H groups in total. The van der Waals surface area contributed by atoms with E-state index >= 15 is 0 Å². The Kier molecular flexibility index (Phi) is 3.99. The van der Waals surface area contributed by atoms with Crippen molar-refractivity contribution in [3.05, 3.63) is 46.8 Å². The molecule has 7 heteroatoms. The Morgan fingerprint density at radius 2 is 1.69 bits per heavy atom. The van der Waals surface area contributed by atoms with Gasteiger partial charge in [-0.05, 0) is 29.7 Å². The zero-order valence-corrected chi connectivity index (χ0v) is 16.3. The molecule has 1 aliphatic heterocycles. The first-order chi connectivity index (χ1) is 14.2. The van der Waals surface area contributed by atoms with Gasteiger partial charge in [-0.1, -0.05) is 12.1 Å². The molecule has 0 atom stereocenters. The maximum absolute atomic E-state index is 13.5. The maximum atomic E-state index is 13.5. The van der Waals surface area contributed by atoms with Gasteiger partial charge in [0.2, 0.25) is 6.79 Å². The molecule has 1 aliphatic rings.